The van der Waals surface area contributed by atoms with Gasteiger partial charge in [0.1, 0.15) is 17.3 Å². The summed E-state index contributed by atoms with van der Waals surface area (Å²) in [6.45, 7) is 2.02. The number of rotatable bonds is 6. The number of anilines is 4. The van der Waals surface area contributed by atoms with Crippen molar-refractivity contribution in [2.24, 2.45) is 0 Å². The predicted molar refractivity (Wildman–Crippen MR) is 95.1 cm³/mol. The summed E-state index contributed by atoms with van der Waals surface area (Å²) in [6, 6.07) is 9.99. The number of aromatic nitrogens is 3. The van der Waals surface area contributed by atoms with Gasteiger partial charge in [0.25, 0.3) is 0 Å². The predicted octanol–water partition coefficient (Wildman–Crippen LogP) is 3.81. The van der Waals surface area contributed by atoms with Crippen molar-refractivity contribution in [2.75, 3.05) is 17.2 Å². The van der Waals surface area contributed by atoms with Crippen LogP contribution in [-0.2, 0) is 4.74 Å². The summed E-state index contributed by atoms with van der Waals surface area (Å²) in [4.78, 5) is 15.8. The molecule has 0 saturated heterocycles. The summed E-state index contributed by atoms with van der Waals surface area (Å²) >= 11 is 0. The van der Waals surface area contributed by atoms with E-state index in [2.05, 4.69) is 25.8 Å². The third-order valence-electron chi connectivity index (χ3n) is 3.43. The maximum Gasteiger partial charge on any atom is 0.338 e. The Labute approximate surface area is 153 Å². The number of carbonyl (C=O) groups is 1. The number of hydrogen-bond acceptors (Lipinski definition) is 7. The first-order valence-corrected chi connectivity index (χ1v) is 8.02. The van der Waals surface area contributed by atoms with Gasteiger partial charge in [-0.2, -0.15) is 10.1 Å². The molecule has 0 spiro atoms. The van der Waals surface area contributed by atoms with Crippen molar-refractivity contribution < 1.29 is 18.3 Å². The highest BCUT2D eigenvalue weighted by atomic mass is 19.1. The minimum atomic E-state index is -0.752. The highest BCUT2D eigenvalue weighted by molar-refractivity contribution is 5.89. The maximum atomic E-state index is 13.7. The van der Waals surface area contributed by atoms with Crippen LogP contribution in [0.1, 0.15) is 17.3 Å². The second-order valence-corrected chi connectivity index (χ2v) is 5.31. The van der Waals surface area contributed by atoms with Crippen LogP contribution in [0, 0.1) is 11.6 Å². The van der Waals surface area contributed by atoms with Gasteiger partial charge in [-0.3, -0.25) is 0 Å². The van der Waals surface area contributed by atoms with Gasteiger partial charge in [0.05, 0.1) is 18.4 Å². The molecule has 0 fully saturated rings. The Kier molecular flexibility index (Phi) is 5.50. The fourth-order valence-corrected chi connectivity index (χ4v) is 2.20. The third kappa shape index (κ3) is 4.51. The van der Waals surface area contributed by atoms with Gasteiger partial charge in [-0.15, -0.1) is 5.10 Å². The van der Waals surface area contributed by atoms with E-state index >= 15 is 0 Å². The van der Waals surface area contributed by atoms with Crippen molar-refractivity contribution >= 4 is 29.1 Å². The van der Waals surface area contributed by atoms with E-state index in [4.69, 9.17) is 4.74 Å². The fraction of sp³-hybridized carbons (Fsp3) is 0.111. The number of carbonyl (C=O) groups excluding carboxylic acids is 1. The number of halogens is 2. The Hall–Kier alpha value is -3.62. The van der Waals surface area contributed by atoms with Gasteiger partial charge in [-0.1, -0.05) is 6.07 Å². The van der Waals surface area contributed by atoms with Crippen LogP contribution in [0.5, 0.6) is 0 Å². The van der Waals surface area contributed by atoms with Crippen molar-refractivity contribution in [3.63, 3.8) is 0 Å². The number of esters is 1. The Bertz CT molecular complexity index is 930. The molecule has 138 valence electrons. The maximum absolute atomic E-state index is 13.7. The van der Waals surface area contributed by atoms with Crippen LogP contribution < -0.4 is 10.6 Å². The Balaban J connectivity index is 1.73. The topological polar surface area (TPSA) is 89.0 Å². The van der Waals surface area contributed by atoms with Crippen LogP contribution in [0.4, 0.5) is 31.9 Å². The van der Waals surface area contributed by atoms with Crippen LogP contribution >= 0.6 is 0 Å². The summed E-state index contributed by atoms with van der Waals surface area (Å²) in [6.07, 6.45) is 1.24. The van der Waals surface area contributed by atoms with E-state index < -0.39 is 17.6 Å². The van der Waals surface area contributed by atoms with E-state index in [1.54, 1.807) is 31.2 Å². The van der Waals surface area contributed by atoms with Crippen LogP contribution in [-0.4, -0.2) is 27.8 Å². The molecule has 0 aliphatic rings. The van der Waals surface area contributed by atoms with Gasteiger partial charge < -0.3 is 15.4 Å². The first-order chi connectivity index (χ1) is 13.1. The molecule has 3 rings (SSSR count). The van der Waals surface area contributed by atoms with Crippen LogP contribution in [0.25, 0.3) is 0 Å². The van der Waals surface area contributed by atoms with Gasteiger partial charge in [-0.25, -0.2) is 13.6 Å². The van der Waals surface area contributed by atoms with Gasteiger partial charge in [0, 0.05) is 5.69 Å². The average Bonchev–Trinajstić information content (AvgIpc) is 2.66. The zero-order valence-corrected chi connectivity index (χ0v) is 14.2. The molecule has 0 aliphatic carbocycles. The Morgan fingerprint density at radius 1 is 1.07 bits per heavy atom. The molecule has 0 amide bonds. The molecule has 0 radical (unpaired) electrons. The summed E-state index contributed by atoms with van der Waals surface area (Å²) in [5, 5.41) is 13.0. The standard InChI is InChI=1S/C18H15F2N5O2/c1-2-27-17(26)11-6-8-12(9-7-11)22-18-24-15(10-21-25-18)23-16-13(19)4-3-5-14(16)20/h3-10H,2H2,1H3,(H2,22,23,24,25). The first-order valence-electron chi connectivity index (χ1n) is 8.02. The van der Waals surface area contributed by atoms with E-state index in [1.165, 1.54) is 12.3 Å². The quantitative estimate of drug-likeness (QED) is 0.637. The van der Waals surface area contributed by atoms with Gasteiger partial charge >= 0.3 is 5.97 Å². The zero-order chi connectivity index (χ0) is 19.2. The summed E-state index contributed by atoms with van der Waals surface area (Å²) < 4.78 is 32.4. The molecule has 27 heavy (non-hydrogen) atoms. The van der Waals surface area contributed by atoms with E-state index in [0.29, 0.717) is 17.9 Å². The lowest BCUT2D eigenvalue weighted by Gasteiger charge is -2.09. The lowest BCUT2D eigenvalue weighted by molar-refractivity contribution is 0.0526. The largest absolute Gasteiger partial charge is 0.462 e. The van der Waals surface area contributed by atoms with Crippen molar-refractivity contribution in [3.8, 4) is 0 Å². The lowest BCUT2D eigenvalue weighted by atomic mass is 10.2. The normalized spacial score (nSPS) is 10.3. The van der Waals surface area contributed by atoms with Crippen molar-refractivity contribution in [1.29, 1.82) is 0 Å². The molecule has 0 atom stereocenters. The second kappa shape index (κ2) is 8.17. The van der Waals surface area contributed by atoms with Crippen molar-refractivity contribution in [1.82, 2.24) is 15.2 Å². The molecule has 2 N–H and O–H groups in total. The number of para-hydroxylation sites is 1. The molecule has 0 bridgehead atoms. The van der Waals surface area contributed by atoms with E-state index in [0.717, 1.165) is 12.1 Å². The molecule has 3 aromatic rings. The molecular formula is C18H15F2N5O2. The first kappa shape index (κ1) is 18.2. The molecule has 2 aromatic carbocycles. The Morgan fingerprint density at radius 2 is 1.78 bits per heavy atom. The highest BCUT2D eigenvalue weighted by Gasteiger charge is 2.11. The number of nitrogens with zero attached hydrogens (tertiary/aromatic N) is 3. The lowest BCUT2D eigenvalue weighted by Crippen LogP contribution is -2.06. The third-order valence-corrected chi connectivity index (χ3v) is 3.43. The summed E-state index contributed by atoms with van der Waals surface area (Å²) in [5.74, 6) is -1.70. The number of nitrogens with one attached hydrogen (secondary N) is 2. The van der Waals surface area contributed by atoms with Crippen LogP contribution in [0.2, 0.25) is 0 Å². The van der Waals surface area contributed by atoms with Crippen LogP contribution in [0.3, 0.4) is 0 Å². The minimum Gasteiger partial charge on any atom is -0.462 e. The fourth-order valence-electron chi connectivity index (χ4n) is 2.20. The molecule has 7 nitrogen and oxygen atoms in total. The van der Waals surface area contributed by atoms with Gasteiger partial charge in [0.15, 0.2) is 5.82 Å². The zero-order valence-electron chi connectivity index (χ0n) is 14.2. The van der Waals surface area contributed by atoms with E-state index in [-0.39, 0.29) is 17.5 Å². The van der Waals surface area contributed by atoms with E-state index in [9.17, 15) is 13.6 Å². The molecule has 1 heterocycles. The highest BCUT2D eigenvalue weighted by Crippen LogP contribution is 2.22. The molecule has 1 aromatic heterocycles. The van der Waals surface area contributed by atoms with Crippen molar-refractivity contribution in [3.05, 3.63) is 65.9 Å². The molecular weight excluding hydrogens is 356 g/mol. The Morgan fingerprint density at radius 3 is 2.44 bits per heavy atom. The molecule has 0 aliphatic heterocycles. The molecule has 0 saturated carbocycles. The minimum absolute atomic E-state index is 0.111. The van der Waals surface area contributed by atoms with E-state index in [1.807, 2.05) is 0 Å². The number of ether oxygens (including phenoxy) is 1. The van der Waals surface area contributed by atoms with Gasteiger partial charge in [0.2, 0.25) is 5.95 Å². The summed E-state index contributed by atoms with van der Waals surface area (Å²) in [5.41, 5.74) is 0.675. The smallest absolute Gasteiger partial charge is 0.338 e. The number of hydrogen-bond donors (Lipinski definition) is 2. The second-order valence-electron chi connectivity index (χ2n) is 5.31. The van der Waals surface area contributed by atoms with Crippen molar-refractivity contribution in [2.45, 2.75) is 6.92 Å². The number of benzene rings is 2. The van der Waals surface area contributed by atoms with Crippen LogP contribution in [0.15, 0.2) is 48.7 Å². The average molecular weight is 371 g/mol. The molecule has 9 heteroatoms. The van der Waals surface area contributed by atoms with Gasteiger partial charge in [-0.05, 0) is 43.3 Å². The monoisotopic (exact) mass is 371 g/mol. The molecule has 0 unspecified atom stereocenters. The summed E-state index contributed by atoms with van der Waals surface area (Å²) in [7, 11) is 0. The SMILES string of the molecule is CCOC(=O)c1ccc(Nc2nncc(Nc3c(F)cccc3F)n2)cc1.